The summed E-state index contributed by atoms with van der Waals surface area (Å²) in [6, 6.07) is 5.59. The fourth-order valence-electron chi connectivity index (χ4n) is 2.92. The van der Waals surface area contributed by atoms with Gasteiger partial charge in [-0.15, -0.1) is 0 Å². The van der Waals surface area contributed by atoms with Crippen molar-refractivity contribution in [2.45, 2.75) is 38.3 Å². The van der Waals surface area contributed by atoms with Crippen LogP contribution in [0.15, 0.2) is 23.1 Å². The summed E-state index contributed by atoms with van der Waals surface area (Å²) in [5.74, 6) is 0. The van der Waals surface area contributed by atoms with Crippen molar-refractivity contribution in [2.24, 2.45) is 5.73 Å². The van der Waals surface area contributed by atoms with Gasteiger partial charge in [0.05, 0.1) is 4.90 Å². The molecule has 1 fully saturated rings. The van der Waals surface area contributed by atoms with E-state index in [1.807, 2.05) is 13.0 Å². The van der Waals surface area contributed by atoms with Crippen molar-refractivity contribution in [1.29, 1.82) is 0 Å². The number of nitrogens with two attached hydrogens (primary N) is 1. The molecule has 0 radical (unpaired) electrons. The summed E-state index contributed by atoms with van der Waals surface area (Å²) in [5.41, 5.74) is 7.33. The van der Waals surface area contributed by atoms with Crippen LogP contribution in [0.5, 0.6) is 0 Å². The lowest BCUT2D eigenvalue weighted by Crippen LogP contribution is -2.53. The maximum absolute atomic E-state index is 12.8. The Labute approximate surface area is 127 Å². The Morgan fingerprint density at radius 3 is 2.57 bits per heavy atom. The van der Waals surface area contributed by atoms with E-state index in [0.717, 1.165) is 24.2 Å². The van der Waals surface area contributed by atoms with Gasteiger partial charge in [-0.2, -0.15) is 4.31 Å². The molecule has 1 aliphatic rings. The van der Waals surface area contributed by atoms with E-state index in [4.69, 9.17) is 5.73 Å². The molecule has 118 valence electrons. The van der Waals surface area contributed by atoms with Gasteiger partial charge in [0, 0.05) is 32.2 Å². The van der Waals surface area contributed by atoms with Crippen LogP contribution in [-0.2, 0) is 16.6 Å². The highest BCUT2D eigenvalue weighted by Crippen LogP contribution is 2.23. The summed E-state index contributed by atoms with van der Waals surface area (Å²) >= 11 is 0. The molecule has 0 bridgehead atoms. The van der Waals surface area contributed by atoms with Gasteiger partial charge >= 0.3 is 0 Å². The Hall–Kier alpha value is -0.950. The summed E-state index contributed by atoms with van der Waals surface area (Å²) in [5, 5.41) is 0. The quantitative estimate of drug-likeness (QED) is 0.906. The summed E-state index contributed by atoms with van der Waals surface area (Å²) < 4.78 is 27.3. The number of likely N-dealkylation sites (N-methyl/N-ethyl adjacent to an activating group) is 1. The summed E-state index contributed by atoms with van der Waals surface area (Å²) in [6.45, 7) is 9.29. The van der Waals surface area contributed by atoms with Gasteiger partial charge in [0.1, 0.15) is 0 Å². The number of hydrogen-bond acceptors (Lipinski definition) is 4. The molecule has 1 aromatic rings. The van der Waals surface area contributed by atoms with E-state index in [1.165, 1.54) is 0 Å². The number of benzene rings is 1. The fraction of sp³-hybridized carbons (Fsp3) is 0.600. The second kappa shape index (κ2) is 6.44. The molecule has 2 N–H and O–H groups in total. The number of aryl methyl sites for hydroxylation is 1. The van der Waals surface area contributed by atoms with Crippen LogP contribution in [0, 0.1) is 6.92 Å². The first-order valence-electron chi connectivity index (χ1n) is 7.44. The predicted octanol–water partition coefficient (Wildman–Crippen LogP) is 1.17. The zero-order chi connectivity index (χ0) is 15.6. The Kier molecular flexibility index (Phi) is 5.03. The normalized spacial score (nSPS) is 21.6. The molecule has 6 heteroatoms. The van der Waals surface area contributed by atoms with Crippen LogP contribution >= 0.6 is 0 Å². The van der Waals surface area contributed by atoms with Crippen molar-refractivity contribution in [2.75, 3.05) is 26.2 Å². The second-order valence-electron chi connectivity index (χ2n) is 5.64. The standard InChI is InChI=1S/C15H25N3O2S/c1-4-17-7-8-18(11-13(17)3)21(19,20)15-6-5-14(10-16)9-12(15)2/h5-6,9,13H,4,7-8,10-11,16H2,1-3H3. The van der Waals surface area contributed by atoms with Crippen molar-refractivity contribution in [3.05, 3.63) is 29.3 Å². The van der Waals surface area contributed by atoms with Gasteiger partial charge in [0.25, 0.3) is 0 Å². The van der Waals surface area contributed by atoms with E-state index in [9.17, 15) is 8.42 Å². The molecule has 0 aromatic heterocycles. The molecule has 0 aliphatic carbocycles. The zero-order valence-corrected chi connectivity index (χ0v) is 13.9. The Morgan fingerprint density at radius 2 is 2.05 bits per heavy atom. The van der Waals surface area contributed by atoms with Crippen LogP contribution in [0.1, 0.15) is 25.0 Å². The molecule has 1 aliphatic heterocycles. The molecule has 21 heavy (non-hydrogen) atoms. The number of piperazine rings is 1. The fourth-order valence-corrected chi connectivity index (χ4v) is 4.63. The lowest BCUT2D eigenvalue weighted by molar-refractivity contribution is 0.135. The Morgan fingerprint density at radius 1 is 1.33 bits per heavy atom. The van der Waals surface area contributed by atoms with Gasteiger partial charge in [-0.05, 0) is 37.6 Å². The molecule has 1 saturated heterocycles. The van der Waals surface area contributed by atoms with Gasteiger partial charge < -0.3 is 5.73 Å². The van der Waals surface area contributed by atoms with Crippen LogP contribution in [0.3, 0.4) is 0 Å². The van der Waals surface area contributed by atoms with E-state index in [1.54, 1.807) is 16.4 Å². The largest absolute Gasteiger partial charge is 0.326 e. The van der Waals surface area contributed by atoms with Gasteiger partial charge in [-0.1, -0.05) is 19.1 Å². The second-order valence-corrected chi connectivity index (χ2v) is 7.55. The third kappa shape index (κ3) is 3.29. The van der Waals surface area contributed by atoms with Crippen LogP contribution in [-0.4, -0.2) is 49.8 Å². The average molecular weight is 311 g/mol. The monoisotopic (exact) mass is 311 g/mol. The number of sulfonamides is 1. The van der Waals surface area contributed by atoms with Crippen LogP contribution in [0.4, 0.5) is 0 Å². The third-order valence-electron chi connectivity index (χ3n) is 4.23. The van der Waals surface area contributed by atoms with Gasteiger partial charge in [-0.3, -0.25) is 4.90 Å². The first kappa shape index (κ1) is 16.4. The van der Waals surface area contributed by atoms with Crippen molar-refractivity contribution in [3.63, 3.8) is 0 Å². The van der Waals surface area contributed by atoms with E-state index < -0.39 is 10.0 Å². The predicted molar refractivity (Wildman–Crippen MR) is 84.5 cm³/mol. The van der Waals surface area contributed by atoms with Crippen LogP contribution in [0.2, 0.25) is 0 Å². The van der Waals surface area contributed by atoms with E-state index in [0.29, 0.717) is 24.5 Å². The molecule has 0 amide bonds. The van der Waals surface area contributed by atoms with Crippen molar-refractivity contribution in [3.8, 4) is 0 Å². The molecule has 1 heterocycles. The summed E-state index contributed by atoms with van der Waals surface area (Å²) in [7, 11) is -3.42. The minimum Gasteiger partial charge on any atom is -0.326 e. The lowest BCUT2D eigenvalue weighted by Gasteiger charge is -2.38. The third-order valence-corrected chi connectivity index (χ3v) is 6.25. The maximum Gasteiger partial charge on any atom is 0.243 e. The highest BCUT2D eigenvalue weighted by Gasteiger charge is 2.32. The van der Waals surface area contributed by atoms with Crippen molar-refractivity contribution in [1.82, 2.24) is 9.21 Å². The zero-order valence-electron chi connectivity index (χ0n) is 13.0. The first-order valence-corrected chi connectivity index (χ1v) is 8.88. The number of nitrogens with zero attached hydrogens (tertiary/aromatic N) is 2. The van der Waals surface area contributed by atoms with Crippen LogP contribution < -0.4 is 5.73 Å². The molecule has 1 atom stereocenters. The highest BCUT2D eigenvalue weighted by molar-refractivity contribution is 7.89. The Balaban J connectivity index is 2.27. The molecule has 2 rings (SSSR count). The molecule has 0 saturated carbocycles. The van der Waals surface area contributed by atoms with Crippen LogP contribution in [0.25, 0.3) is 0 Å². The Bertz CT molecular complexity index is 601. The first-order chi connectivity index (χ1) is 9.90. The van der Waals surface area contributed by atoms with E-state index >= 15 is 0 Å². The van der Waals surface area contributed by atoms with E-state index in [2.05, 4.69) is 18.7 Å². The SMILES string of the molecule is CCN1CCN(S(=O)(=O)c2ccc(CN)cc2C)CC1C. The number of hydrogen-bond donors (Lipinski definition) is 1. The van der Waals surface area contributed by atoms with Crippen molar-refractivity contribution >= 4 is 10.0 Å². The minimum absolute atomic E-state index is 0.252. The van der Waals surface area contributed by atoms with Crippen molar-refractivity contribution < 1.29 is 8.42 Å². The lowest BCUT2D eigenvalue weighted by atomic mass is 10.1. The van der Waals surface area contributed by atoms with Gasteiger partial charge in [0.15, 0.2) is 0 Å². The smallest absolute Gasteiger partial charge is 0.243 e. The van der Waals surface area contributed by atoms with Gasteiger partial charge in [-0.25, -0.2) is 8.42 Å². The summed E-state index contributed by atoms with van der Waals surface area (Å²) in [4.78, 5) is 2.70. The van der Waals surface area contributed by atoms with E-state index in [-0.39, 0.29) is 6.04 Å². The maximum atomic E-state index is 12.8. The summed E-state index contributed by atoms with van der Waals surface area (Å²) in [6.07, 6.45) is 0. The number of rotatable bonds is 4. The molecule has 5 nitrogen and oxygen atoms in total. The average Bonchev–Trinajstić information content (AvgIpc) is 2.46. The molecule has 1 aromatic carbocycles. The minimum atomic E-state index is -3.42. The molecule has 0 spiro atoms. The molecule has 1 unspecified atom stereocenters. The molecular weight excluding hydrogens is 286 g/mol. The highest BCUT2D eigenvalue weighted by atomic mass is 32.2. The van der Waals surface area contributed by atoms with Gasteiger partial charge in [0.2, 0.25) is 10.0 Å². The molecular formula is C15H25N3O2S. The topological polar surface area (TPSA) is 66.6 Å².